The molecule has 0 rings (SSSR count). The van der Waals surface area contributed by atoms with E-state index >= 15 is 0 Å². The first-order valence-corrected chi connectivity index (χ1v) is 3.28. The van der Waals surface area contributed by atoms with Crippen molar-refractivity contribution in [2.75, 3.05) is 13.2 Å². The van der Waals surface area contributed by atoms with Gasteiger partial charge in [-0.2, -0.15) is 6.42 Å². The first kappa shape index (κ1) is 12.3. The van der Waals surface area contributed by atoms with Crippen LogP contribution in [0.2, 0.25) is 0 Å². The first-order valence-electron chi connectivity index (χ1n) is 3.28. The third kappa shape index (κ3) is 11.9. The Morgan fingerprint density at radius 2 is 2.00 bits per heavy atom. The van der Waals surface area contributed by atoms with Gasteiger partial charge in [0, 0.05) is 13.2 Å². The van der Waals surface area contributed by atoms with Crippen LogP contribution in [0, 0.1) is 6.92 Å². The molecule has 0 atom stereocenters. The Balaban J connectivity index is 0. The zero-order valence-electron chi connectivity index (χ0n) is 6.65. The van der Waals surface area contributed by atoms with Crippen LogP contribution in [-0.2, 0) is 4.74 Å². The van der Waals surface area contributed by atoms with Crippen molar-refractivity contribution >= 4 is 0 Å². The molecule has 2 heteroatoms. The van der Waals surface area contributed by atoms with Crippen LogP contribution in [0.15, 0.2) is 0 Å². The van der Waals surface area contributed by atoms with Crippen LogP contribution >= 0.6 is 0 Å². The summed E-state index contributed by atoms with van der Waals surface area (Å²) < 4.78 is 5.16. The van der Waals surface area contributed by atoms with Gasteiger partial charge in [-0.1, -0.05) is 13.3 Å². The van der Waals surface area contributed by atoms with Gasteiger partial charge in [-0.15, -0.1) is 0 Å². The average Bonchev–Trinajstić information content (AvgIpc) is 1.81. The number of hydrogen-bond donors (Lipinski definition) is 0. The van der Waals surface area contributed by atoms with Gasteiger partial charge in [0.25, 0.3) is 0 Å². The minimum atomic E-state index is 0. The Hall–Kier alpha value is 0.557. The first-order chi connectivity index (χ1) is 3.91. The van der Waals surface area contributed by atoms with Gasteiger partial charge in [0.05, 0.1) is 0 Å². The van der Waals surface area contributed by atoms with Crippen molar-refractivity contribution in [3.05, 3.63) is 6.92 Å². The van der Waals surface area contributed by atoms with Gasteiger partial charge in [0.15, 0.2) is 0 Å². The quantitative estimate of drug-likeness (QED) is 0.259. The minimum Gasteiger partial charge on any atom is -0.384 e. The van der Waals surface area contributed by atoms with Crippen LogP contribution in [0.4, 0.5) is 0 Å². The van der Waals surface area contributed by atoms with Crippen LogP contribution in [0.3, 0.4) is 0 Å². The summed E-state index contributed by atoms with van der Waals surface area (Å²) in [5.74, 6) is 0. The molecule has 0 saturated carbocycles. The molecule has 0 unspecified atom stereocenters. The number of rotatable bonds is 5. The molecule has 0 heterocycles. The summed E-state index contributed by atoms with van der Waals surface area (Å²) in [6.45, 7) is 7.55. The molecule has 0 aliphatic heterocycles. The van der Waals surface area contributed by atoms with E-state index in [1.165, 1.54) is 12.8 Å². The SMILES string of the molecule is [CH2-]CCOCCCC.[Li+]. The van der Waals surface area contributed by atoms with E-state index in [-0.39, 0.29) is 18.9 Å². The number of hydrogen-bond acceptors (Lipinski definition) is 1. The second-order valence-electron chi connectivity index (χ2n) is 1.82. The number of ether oxygens (including phenoxy) is 1. The molecule has 0 amide bonds. The molecule has 0 fully saturated rings. The van der Waals surface area contributed by atoms with Gasteiger partial charge < -0.3 is 11.7 Å². The molecule has 0 radical (unpaired) electrons. The fourth-order valence-corrected chi connectivity index (χ4v) is 0.451. The molecule has 0 aliphatic carbocycles. The summed E-state index contributed by atoms with van der Waals surface area (Å²) in [6.07, 6.45) is 3.29. The monoisotopic (exact) mass is 122 g/mol. The molecule has 1 nitrogen and oxygen atoms in total. The van der Waals surface area contributed by atoms with Crippen LogP contribution in [0.1, 0.15) is 26.2 Å². The molecule has 0 aliphatic rings. The van der Waals surface area contributed by atoms with Gasteiger partial charge in [0.2, 0.25) is 0 Å². The van der Waals surface area contributed by atoms with E-state index in [2.05, 4.69) is 13.8 Å². The molecule has 0 aromatic rings. The van der Waals surface area contributed by atoms with E-state index in [1.807, 2.05) is 0 Å². The second kappa shape index (κ2) is 11.4. The van der Waals surface area contributed by atoms with Gasteiger partial charge in [-0.25, -0.2) is 0 Å². The smallest absolute Gasteiger partial charge is 0.384 e. The maximum Gasteiger partial charge on any atom is 1.00 e. The zero-order chi connectivity index (χ0) is 6.24. The Labute approximate surface area is 70.3 Å². The van der Waals surface area contributed by atoms with E-state index in [0.717, 1.165) is 19.6 Å². The van der Waals surface area contributed by atoms with E-state index < -0.39 is 0 Å². The maximum absolute atomic E-state index is 5.16. The normalized spacial score (nSPS) is 8.67. The standard InChI is InChI=1S/C7H15O.Li/c1-3-5-7-8-6-4-2;/h2-7H2,1H3;/q-1;+1. The second-order valence-corrected chi connectivity index (χ2v) is 1.82. The van der Waals surface area contributed by atoms with Crippen molar-refractivity contribution < 1.29 is 23.6 Å². The Morgan fingerprint density at radius 1 is 1.33 bits per heavy atom. The van der Waals surface area contributed by atoms with Crippen molar-refractivity contribution in [3.8, 4) is 0 Å². The third-order valence-corrected chi connectivity index (χ3v) is 0.931. The van der Waals surface area contributed by atoms with Crippen LogP contribution in [-0.4, -0.2) is 13.2 Å². The molecular formula is C7H15LiO. The van der Waals surface area contributed by atoms with E-state index in [4.69, 9.17) is 4.74 Å². The zero-order valence-corrected chi connectivity index (χ0v) is 6.65. The molecule has 0 N–H and O–H groups in total. The minimum absolute atomic E-state index is 0. The molecule has 0 aromatic carbocycles. The van der Waals surface area contributed by atoms with Crippen LogP contribution < -0.4 is 18.9 Å². The third-order valence-electron chi connectivity index (χ3n) is 0.931. The van der Waals surface area contributed by atoms with Gasteiger partial charge >= 0.3 is 18.9 Å². The molecule has 0 bridgehead atoms. The van der Waals surface area contributed by atoms with Crippen LogP contribution in [0.25, 0.3) is 0 Å². The van der Waals surface area contributed by atoms with Crippen molar-refractivity contribution in [2.24, 2.45) is 0 Å². The predicted molar refractivity (Wildman–Crippen MR) is 35.7 cm³/mol. The Bertz CT molecular complexity index is 33.9. The molecule has 9 heavy (non-hydrogen) atoms. The summed E-state index contributed by atoms with van der Waals surface area (Å²) in [5.41, 5.74) is 0. The maximum atomic E-state index is 5.16. The van der Waals surface area contributed by atoms with Crippen LogP contribution in [0.5, 0.6) is 0 Å². The summed E-state index contributed by atoms with van der Waals surface area (Å²) in [7, 11) is 0. The van der Waals surface area contributed by atoms with Crippen molar-refractivity contribution in [1.82, 2.24) is 0 Å². The van der Waals surface area contributed by atoms with Crippen molar-refractivity contribution in [3.63, 3.8) is 0 Å². The Kier molecular flexibility index (Phi) is 15.5. The van der Waals surface area contributed by atoms with Crippen molar-refractivity contribution in [2.45, 2.75) is 26.2 Å². The van der Waals surface area contributed by atoms with Gasteiger partial charge in [-0.3, -0.25) is 0 Å². The van der Waals surface area contributed by atoms with Gasteiger partial charge in [-0.05, 0) is 6.42 Å². The fraction of sp³-hybridized carbons (Fsp3) is 0.857. The summed E-state index contributed by atoms with van der Waals surface area (Å²) in [4.78, 5) is 0. The molecule has 0 spiro atoms. The van der Waals surface area contributed by atoms with E-state index in [9.17, 15) is 0 Å². The van der Waals surface area contributed by atoms with Crippen molar-refractivity contribution in [1.29, 1.82) is 0 Å². The number of unbranched alkanes of at least 4 members (excludes halogenated alkanes) is 1. The molecule has 0 aromatic heterocycles. The van der Waals surface area contributed by atoms with E-state index in [1.54, 1.807) is 0 Å². The molecule has 50 valence electrons. The average molecular weight is 122 g/mol. The summed E-state index contributed by atoms with van der Waals surface area (Å²) in [6, 6.07) is 0. The molecular weight excluding hydrogens is 107 g/mol. The summed E-state index contributed by atoms with van der Waals surface area (Å²) in [5, 5.41) is 0. The Morgan fingerprint density at radius 3 is 2.44 bits per heavy atom. The topological polar surface area (TPSA) is 9.23 Å². The van der Waals surface area contributed by atoms with Gasteiger partial charge in [0.1, 0.15) is 0 Å². The largest absolute Gasteiger partial charge is 1.00 e. The van der Waals surface area contributed by atoms with E-state index in [0.29, 0.717) is 0 Å². The predicted octanol–water partition coefficient (Wildman–Crippen LogP) is -0.969. The molecule has 0 saturated heterocycles. The summed E-state index contributed by atoms with van der Waals surface area (Å²) >= 11 is 0. The fourth-order valence-electron chi connectivity index (χ4n) is 0.451.